The lowest BCUT2D eigenvalue weighted by atomic mass is 10.0. The van der Waals surface area contributed by atoms with Crippen molar-refractivity contribution in [3.05, 3.63) is 58.7 Å². The van der Waals surface area contributed by atoms with E-state index in [0.29, 0.717) is 31.6 Å². The number of hydrogen-bond acceptors (Lipinski definition) is 5. The van der Waals surface area contributed by atoms with E-state index in [2.05, 4.69) is 47.3 Å². The lowest BCUT2D eigenvalue weighted by molar-refractivity contribution is -0.131. The van der Waals surface area contributed by atoms with E-state index in [9.17, 15) is 4.79 Å². The Kier molecular flexibility index (Phi) is 8.11. The first-order valence-electron chi connectivity index (χ1n) is 11.3. The van der Waals surface area contributed by atoms with E-state index in [1.54, 1.807) is 12.3 Å². The number of carbonyl (C=O) groups excluding carboxylic acids is 1. The fourth-order valence-corrected chi connectivity index (χ4v) is 4.30. The van der Waals surface area contributed by atoms with E-state index < -0.39 is 0 Å². The van der Waals surface area contributed by atoms with E-state index in [-0.39, 0.29) is 17.5 Å². The van der Waals surface area contributed by atoms with Gasteiger partial charge in [-0.15, -0.1) is 0 Å². The van der Waals surface area contributed by atoms with Crippen molar-refractivity contribution in [1.29, 1.82) is 5.26 Å². The van der Waals surface area contributed by atoms with Gasteiger partial charge in [-0.2, -0.15) is 5.26 Å². The van der Waals surface area contributed by atoms with Crippen LogP contribution in [0.3, 0.4) is 0 Å². The maximum Gasteiger partial charge on any atom is 0.223 e. The summed E-state index contributed by atoms with van der Waals surface area (Å²) < 4.78 is 0. The molecule has 3 rings (SSSR count). The lowest BCUT2D eigenvalue weighted by Crippen LogP contribution is -2.45. The fourth-order valence-electron chi connectivity index (χ4n) is 4.17. The van der Waals surface area contributed by atoms with Gasteiger partial charge in [0.05, 0.1) is 5.56 Å². The molecular formula is C25H32ClN5O. The minimum Gasteiger partial charge on any atom is -0.352 e. The van der Waals surface area contributed by atoms with Crippen molar-refractivity contribution in [3.63, 3.8) is 0 Å². The standard InChI is InChI=1S/C25H32ClN5O/c1-4-30(18-19(3)31(5-2)23-11-6-20(16-27)17-28-23)24(32)12-15-29-25(13-14-25)21-7-9-22(26)10-8-21/h6-11,17,19,29H,4-5,12-15,18H2,1-3H3. The van der Waals surface area contributed by atoms with Gasteiger partial charge >= 0.3 is 0 Å². The molecule has 1 aliphatic rings. The molecule has 0 radical (unpaired) electrons. The molecule has 32 heavy (non-hydrogen) atoms. The second-order valence-corrected chi connectivity index (χ2v) is 8.79. The first kappa shape index (κ1) is 24.0. The number of hydrogen-bond donors (Lipinski definition) is 1. The van der Waals surface area contributed by atoms with Gasteiger partial charge in [0.1, 0.15) is 11.9 Å². The summed E-state index contributed by atoms with van der Waals surface area (Å²) in [5.74, 6) is 0.977. The zero-order chi connectivity index (χ0) is 23.1. The van der Waals surface area contributed by atoms with Gasteiger partial charge in [0, 0.05) is 55.4 Å². The van der Waals surface area contributed by atoms with E-state index in [4.69, 9.17) is 16.9 Å². The summed E-state index contributed by atoms with van der Waals surface area (Å²) in [5, 5.41) is 13.3. The first-order chi connectivity index (χ1) is 15.4. The highest BCUT2D eigenvalue weighted by Crippen LogP contribution is 2.45. The third kappa shape index (κ3) is 5.79. The van der Waals surface area contributed by atoms with Crippen molar-refractivity contribution in [1.82, 2.24) is 15.2 Å². The Balaban J connectivity index is 1.53. The van der Waals surface area contributed by atoms with Crippen LogP contribution >= 0.6 is 11.6 Å². The molecule has 1 atom stereocenters. The highest BCUT2D eigenvalue weighted by molar-refractivity contribution is 6.30. The molecule has 7 heteroatoms. The number of anilines is 1. The molecule has 1 N–H and O–H groups in total. The summed E-state index contributed by atoms with van der Waals surface area (Å²) in [6, 6.07) is 13.8. The van der Waals surface area contributed by atoms with Gasteiger partial charge in [0.15, 0.2) is 0 Å². The third-order valence-electron chi connectivity index (χ3n) is 6.21. The van der Waals surface area contributed by atoms with Crippen LogP contribution in [0.4, 0.5) is 5.82 Å². The molecule has 1 aromatic heterocycles. The van der Waals surface area contributed by atoms with Gasteiger partial charge in [0.25, 0.3) is 0 Å². The van der Waals surface area contributed by atoms with E-state index in [0.717, 1.165) is 30.2 Å². The van der Waals surface area contributed by atoms with Crippen molar-refractivity contribution in [2.24, 2.45) is 0 Å². The van der Waals surface area contributed by atoms with Gasteiger partial charge in [0.2, 0.25) is 5.91 Å². The Bertz CT molecular complexity index is 934. The number of benzene rings is 1. The van der Waals surface area contributed by atoms with Crippen molar-refractivity contribution in [3.8, 4) is 6.07 Å². The molecule has 1 heterocycles. The Labute approximate surface area is 196 Å². The van der Waals surface area contributed by atoms with Gasteiger partial charge in [-0.3, -0.25) is 4.79 Å². The molecule has 1 amide bonds. The predicted octanol–water partition coefficient (Wildman–Crippen LogP) is 4.34. The van der Waals surface area contributed by atoms with Gasteiger partial charge in [-0.25, -0.2) is 4.98 Å². The van der Waals surface area contributed by atoms with Crippen LogP contribution in [-0.2, 0) is 10.3 Å². The van der Waals surface area contributed by atoms with Crippen LogP contribution in [0.15, 0.2) is 42.6 Å². The van der Waals surface area contributed by atoms with Gasteiger partial charge in [-0.05, 0) is 63.4 Å². The Morgan fingerprint density at radius 1 is 1.22 bits per heavy atom. The zero-order valence-electron chi connectivity index (χ0n) is 19.1. The second kappa shape index (κ2) is 10.8. The summed E-state index contributed by atoms with van der Waals surface area (Å²) in [6.07, 6.45) is 4.23. The quantitative estimate of drug-likeness (QED) is 0.548. The van der Waals surface area contributed by atoms with Crippen LogP contribution in [0.5, 0.6) is 0 Å². The van der Waals surface area contributed by atoms with Crippen LogP contribution in [-0.4, -0.2) is 48.0 Å². The maximum absolute atomic E-state index is 12.9. The number of carbonyl (C=O) groups is 1. The Morgan fingerprint density at radius 3 is 2.47 bits per heavy atom. The molecular weight excluding hydrogens is 422 g/mol. The average Bonchev–Trinajstić information content (AvgIpc) is 3.59. The van der Waals surface area contributed by atoms with Crippen LogP contribution in [0.2, 0.25) is 5.02 Å². The molecule has 1 aromatic carbocycles. The molecule has 1 saturated carbocycles. The Morgan fingerprint density at radius 2 is 1.94 bits per heavy atom. The number of halogens is 1. The molecule has 1 fully saturated rings. The number of nitrogens with one attached hydrogen (secondary N) is 1. The zero-order valence-corrected chi connectivity index (χ0v) is 19.9. The molecule has 1 aliphatic carbocycles. The molecule has 0 bridgehead atoms. The number of aromatic nitrogens is 1. The number of likely N-dealkylation sites (N-methyl/N-ethyl adjacent to an activating group) is 2. The van der Waals surface area contributed by atoms with Gasteiger partial charge < -0.3 is 15.1 Å². The normalized spacial score (nSPS) is 15.0. The average molecular weight is 454 g/mol. The smallest absolute Gasteiger partial charge is 0.223 e. The van der Waals surface area contributed by atoms with Crippen LogP contribution in [0, 0.1) is 11.3 Å². The molecule has 6 nitrogen and oxygen atoms in total. The molecule has 0 aliphatic heterocycles. The summed E-state index contributed by atoms with van der Waals surface area (Å²) in [7, 11) is 0. The van der Waals surface area contributed by atoms with Crippen LogP contribution < -0.4 is 10.2 Å². The summed E-state index contributed by atoms with van der Waals surface area (Å²) in [6.45, 7) is 8.93. The van der Waals surface area contributed by atoms with Crippen LogP contribution in [0.25, 0.3) is 0 Å². The van der Waals surface area contributed by atoms with Crippen molar-refractivity contribution in [2.75, 3.05) is 31.1 Å². The lowest BCUT2D eigenvalue weighted by Gasteiger charge is -2.33. The number of rotatable bonds is 11. The minimum absolute atomic E-state index is 0.00449. The summed E-state index contributed by atoms with van der Waals surface area (Å²) >= 11 is 6.01. The Hall–Kier alpha value is -2.62. The number of pyridine rings is 1. The first-order valence-corrected chi connectivity index (χ1v) is 11.7. The highest BCUT2D eigenvalue weighted by Gasteiger charge is 2.43. The summed E-state index contributed by atoms with van der Waals surface area (Å²) in [4.78, 5) is 21.4. The number of nitriles is 1. The largest absolute Gasteiger partial charge is 0.352 e. The topological polar surface area (TPSA) is 72.3 Å². The van der Waals surface area contributed by atoms with Crippen molar-refractivity contribution < 1.29 is 4.79 Å². The monoisotopic (exact) mass is 453 g/mol. The van der Waals surface area contributed by atoms with Crippen LogP contribution in [0.1, 0.15) is 51.2 Å². The molecule has 0 saturated heterocycles. The minimum atomic E-state index is -0.00449. The van der Waals surface area contributed by atoms with Crippen molar-refractivity contribution in [2.45, 2.75) is 51.6 Å². The van der Waals surface area contributed by atoms with E-state index in [1.807, 2.05) is 30.0 Å². The molecule has 0 spiro atoms. The third-order valence-corrected chi connectivity index (χ3v) is 6.46. The number of amides is 1. The fraction of sp³-hybridized carbons (Fsp3) is 0.480. The second-order valence-electron chi connectivity index (χ2n) is 8.35. The molecule has 170 valence electrons. The van der Waals surface area contributed by atoms with Crippen molar-refractivity contribution >= 4 is 23.3 Å². The van der Waals surface area contributed by atoms with Gasteiger partial charge in [-0.1, -0.05) is 23.7 Å². The molecule has 1 unspecified atom stereocenters. The maximum atomic E-state index is 12.9. The predicted molar refractivity (Wildman–Crippen MR) is 129 cm³/mol. The SMILES string of the molecule is CCN(CC(C)N(CC)c1ccc(C#N)cn1)C(=O)CCNC1(c2ccc(Cl)cc2)CC1. The molecule has 2 aromatic rings. The summed E-state index contributed by atoms with van der Waals surface area (Å²) in [5.41, 5.74) is 1.78. The highest BCUT2D eigenvalue weighted by atomic mass is 35.5. The number of nitrogens with zero attached hydrogens (tertiary/aromatic N) is 4. The van der Waals surface area contributed by atoms with E-state index >= 15 is 0 Å². The van der Waals surface area contributed by atoms with E-state index in [1.165, 1.54) is 5.56 Å².